The second-order valence-corrected chi connectivity index (χ2v) is 3.93. The van der Waals surface area contributed by atoms with E-state index in [9.17, 15) is 0 Å². The van der Waals surface area contributed by atoms with E-state index in [1.165, 1.54) is 38.5 Å². The average molecular weight is 156 g/mol. The number of aliphatic hydroxyl groups is 1. The van der Waals surface area contributed by atoms with Gasteiger partial charge in [0.25, 0.3) is 0 Å². The average Bonchev–Trinajstić information content (AvgIpc) is 2.39. The Balaban J connectivity index is 1.94. The standard InChI is InChI=1S/C10H20O/c1-9(11)5-4-8-10-6-2-3-7-10/h9-11H,2-8H2,1H3/t9-/m1/s1. The first-order chi connectivity index (χ1) is 5.29. The third-order valence-corrected chi connectivity index (χ3v) is 2.71. The van der Waals surface area contributed by atoms with Gasteiger partial charge in [0, 0.05) is 0 Å². The van der Waals surface area contributed by atoms with Gasteiger partial charge in [0.05, 0.1) is 6.10 Å². The summed E-state index contributed by atoms with van der Waals surface area (Å²) in [5, 5.41) is 9.03. The molecule has 1 aliphatic carbocycles. The van der Waals surface area contributed by atoms with Crippen LogP contribution in [0.5, 0.6) is 0 Å². The molecule has 0 bridgehead atoms. The second kappa shape index (κ2) is 4.76. The molecular formula is C10H20O. The summed E-state index contributed by atoms with van der Waals surface area (Å²) in [6.07, 6.45) is 9.26. The van der Waals surface area contributed by atoms with Crippen LogP contribution in [0.25, 0.3) is 0 Å². The fourth-order valence-electron chi connectivity index (χ4n) is 2.00. The van der Waals surface area contributed by atoms with E-state index in [-0.39, 0.29) is 6.10 Å². The summed E-state index contributed by atoms with van der Waals surface area (Å²) >= 11 is 0. The molecule has 1 heteroatoms. The number of rotatable bonds is 4. The van der Waals surface area contributed by atoms with Crippen molar-refractivity contribution in [2.45, 2.75) is 58.0 Å². The molecule has 0 aromatic rings. The van der Waals surface area contributed by atoms with Crippen molar-refractivity contribution in [3.8, 4) is 0 Å². The first kappa shape index (κ1) is 9.05. The topological polar surface area (TPSA) is 20.2 Å². The van der Waals surface area contributed by atoms with Crippen LogP contribution >= 0.6 is 0 Å². The first-order valence-corrected chi connectivity index (χ1v) is 4.97. The molecular weight excluding hydrogens is 136 g/mol. The van der Waals surface area contributed by atoms with E-state index >= 15 is 0 Å². The van der Waals surface area contributed by atoms with Gasteiger partial charge in [0.15, 0.2) is 0 Å². The van der Waals surface area contributed by atoms with Crippen molar-refractivity contribution in [3.05, 3.63) is 0 Å². The summed E-state index contributed by atoms with van der Waals surface area (Å²) in [7, 11) is 0. The summed E-state index contributed by atoms with van der Waals surface area (Å²) in [6.45, 7) is 1.88. The highest BCUT2D eigenvalue weighted by atomic mass is 16.3. The minimum absolute atomic E-state index is 0.0867. The van der Waals surface area contributed by atoms with Crippen LogP contribution in [0.4, 0.5) is 0 Å². The molecule has 0 heterocycles. The molecule has 0 spiro atoms. The second-order valence-electron chi connectivity index (χ2n) is 3.93. The maximum atomic E-state index is 9.03. The van der Waals surface area contributed by atoms with Crippen molar-refractivity contribution in [2.24, 2.45) is 5.92 Å². The van der Waals surface area contributed by atoms with Crippen LogP contribution in [0.3, 0.4) is 0 Å². The molecule has 1 saturated carbocycles. The normalized spacial score (nSPS) is 22.4. The summed E-state index contributed by atoms with van der Waals surface area (Å²) < 4.78 is 0. The molecule has 1 nitrogen and oxygen atoms in total. The Labute approximate surface area is 69.8 Å². The van der Waals surface area contributed by atoms with Gasteiger partial charge in [0.1, 0.15) is 0 Å². The predicted molar refractivity (Wildman–Crippen MR) is 47.5 cm³/mol. The highest BCUT2D eigenvalue weighted by Crippen LogP contribution is 2.28. The molecule has 1 fully saturated rings. The van der Waals surface area contributed by atoms with Crippen LogP contribution < -0.4 is 0 Å². The molecule has 1 rings (SSSR count). The monoisotopic (exact) mass is 156 g/mol. The molecule has 0 radical (unpaired) electrons. The Hall–Kier alpha value is -0.0400. The van der Waals surface area contributed by atoms with E-state index in [0.717, 1.165) is 12.3 Å². The van der Waals surface area contributed by atoms with Gasteiger partial charge in [-0.2, -0.15) is 0 Å². The van der Waals surface area contributed by atoms with Crippen molar-refractivity contribution in [1.82, 2.24) is 0 Å². The lowest BCUT2D eigenvalue weighted by molar-refractivity contribution is 0.178. The van der Waals surface area contributed by atoms with Gasteiger partial charge in [-0.25, -0.2) is 0 Å². The minimum atomic E-state index is -0.0867. The lowest BCUT2D eigenvalue weighted by Crippen LogP contribution is -2.01. The van der Waals surface area contributed by atoms with Crippen LogP contribution in [-0.2, 0) is 0 Å². The van der Waals surface area contributed by atoms with Gasteiger partial charge in [-0.3, -0.25) is 0 Å². The Morgan fingerprint density at radius 2 is 2.00 bits per heavy atom. The summed E-state index contributed by atoms with van der Waals surface area (Å²) in [6, 6.07) is 0. The van der Waals surface area contributed by atoms with Crippen molar-refractivity contribution in [2.75, 3.05) is 0 Å². The smallest absolute Gasteiger partial charge is 0.0512 e. The van der Waals surface area contributed by atoms with Crippen LogP contribution in [-0.4, -0.2) is 11.2 Å². The Morgan fingerprint density at radius 3 is 2.55 bits per heavy atom. The molecule has 66 valence electrons. The summed E-state index contributed by atoms with van der Waals surface area (Å²) in [4.78, 5) is 0. The van der Waals surface area contributed by atoms with E-state index in [1.807, 2.05) is 6.92 Å². The molecule has 0 unspecified atom stereocenters. The molecule has 0 aromatic heterocycles. The highest BCUT2D eigenvalue weighted by molar-refractivity contribution is 4.67. The molecule has 1 aliphatic rings. The molecule has 1 N–H and O–H groups in total. The third-order valence-electron chi connectivity index (χ3n) is 2.71. The zero-order valence-electron chi connectivity index (χ0n) is 7.55. The molecule has 0 saturated heterocycles. The fraction of sp³-hybridized carbons (Fsp3) is 1.00. The lowest BCUT2D eigenvalue weighted by Gasteiger charge is -2.08. The van der Waals surface area contributed by atoms with Crippen molar-refractivity contribution < 1.29 is 5.11 Å². The van der Waals surface area contributed by atoms with Gasteiger partial charge in [-0.1, -0.05) is 38.5 Å². The Bertz CT molecular complexity index is 93.0. The number of hydrogen-bond donors (Lipinski definition) is 1. The zero-order valence-corrected chi connectivity index (χ0v) is 7.55. The Kier molecular flexibility index (Phi) is 3.92. The maximum Gasteiger partial charge on any atom is 0.0512 e. The van der Waals surface area contributed by atoms with Crippen molar-refractivity contribution in [1.29, 1.82) is 0 Å². The van der Waals surface area contributed by atoms with Crippen molar-refractivity contribution in [3.63, 3.8) is 0 Å². The molecule has 11 heavy (non-hydrogen) atoms. The van der Waals surface area contributed by atoms with E-state index in [1.54, 1.807) is 0 Å². The quantitative estimate of drug-likeness (QED) is 0.663. The fourth-order valence-corrected chi connectivity index (χ4v) is 2.00. The van der Waals surface area contributed by atoms with Gasteiger partial charge < -0.3 is 5.11 Å². The number of hydrogen-bond acceptors (Lipinski definition) is 1. The number of aliphatic hydroxyl groups excluding tert-OH is 1. The maximum absolute atomic E-state index is 9.03. The largest absolute Gasteiger partial charge is 0.393 e. The lowest BCUT2D eigenvalue weighted by atomic mass is 10.00. The van der Waals surface area contributed by atoms with E-state index in [2.05, 4.69) is 0 Å². The molecule has 0 aliphatic heterocycles. The van der Waals surface area contributed by atoms with Crippen LogP contribution in [0, 0.1) is 5.92 Å². The predicted octanol–water partition coefficient (Wildman–Crippen LogP) is 2.73. The van der Waals surface area contributed by atoms with Gasteiger partial charge in [-0.15, -0.1) is 0 Å². The summed E-state index contributed by atoms with van der Waals surface area (Å²) in [5.41, 5.74) is 0. The SMILES string of the molecule is C[C@@H](O)CCCC1CCCC1. The first-order valence-electron chi connectivity index (χ1n) is 4.97. The minimum Gasteiger partial charge on any atom is -0.393 e. The highest BCUT2D eigenvalue weighted by Gasteiger charge is 2.14. The van der Waals surface area contributed by atoms with Crippen molar-refractivity contribution >= 4 is 0 Å². The third kappa shape index (κ3) is 3.76. The zero-order chi connectivity index (χ0) is 8.10. The summed E-state index contributed by atoms with van der Waals surface area (Å²) in [5.74, 6) is 0.994. The van der Waals surface area contributed by atoms with Crippen LogP contribution in [0.15, 0.2) is 0 Å². The van der Waals surface area contributed by atoms with Gasteiger partial charge in [-0.05, 0) is 19.3 Å². The van der Waals surface area contributed by atoms with Crippen LogP contribution in [0.1, 0.15) is 51.9 Å². The van der Waals surface area contributed by atoms with Crippen LogP contribution in [0.2, 0.25) is 0 Å². The Morgan fingerprint density at radius 1 is 1.36 bits per heavy atom. The van der Waals surface area contributed by atoms with E-state index in [4.69, 9.17) is 5.11 Å². The van der Waals surface area contributed by atoms with E-state index < -0.39 is 0 Å². The van der Waals surface area contributed by atoms with Gasteiger partial charge >= 0.3 is 0 Å². The van der Waals surface area contributed by atoms with E-state index in [0.29, 0.717) is 0 Å². The molecule has 0 amide bonds. The molecule has 0 aromatic carbocycles. The molecule has 1 atom stereocenters. The van der Waals surface area contributed by atoms with Gasteiger partial charge in [0.2, 0.25) is 0 Å².